The first-order valence-corrected chi connectivity index (χ1v) is 8.43. The summed E-state index contributed by atoms with van der Waals surface area (Å²) in [5, 5.41) is 3.47. The molecule has 1 N–H and O–H groups in total. The molecule has 0 saturated heterocycles. The Labute approximate surface area is 142 Å². The van der Waals surface area contributed by atoms with Crippen molar-refractivity contribution in [2.24, 2.45) is 0 Å². The number of carbonyl (C=O) groups excluding carboxylic acids is 1. The first-order valence-electron chi connectivity index (χ1n) is 7.23. The predicted octanol–water partition coefficient (Wildman–Crippen LogP) is 3.42. The lowest BCUT2D eigenvalue weighted by Gasteiger charge is -2.07. The predicted molar refractivity (Wildman–Crippen MR) is 94.0 cm³/mol. The van der Waals surface area contributed by atoms with Gasteiger partial charge in [0.05, 0.1) is 10.2 Å². The van der Waals surface area contributed by atoms with Crippen molar-refractivity contribution in [1.29, 1.82) is 0 Å². The number of carbonyl (C=O) groups is 1. The lowest BCUT2D eigenvalue weighted by Crippen LogP contribution is -2.25. The maximum absolute atomic E-state index is 12.0. The Kier molecular flexibility index (Phi) is 4.79. The highest BCUT2D eigenvalue weighted by Crippen LogP contribution is 2.17. The lowest BCUT2D eigenvalue weighted by molar-refractivity contribution is -0.121. The Balaban J connectivity index is 1.61. The van der Waals surface area contributed by atoms with Crippen molar-refractivity contribution in [3.63, 3.8) is 0 Å². The summed E-state index contributed by atoms with van der Waals surface area (Å²) in [5.41, 5.74) is 1.75. The molecule has 118 valence electrons. The molecular weight excluding hydrogens is 332 g/mol. The summed E-state index contributed by atoms with van der Waals surface area (Å²) in [6, 6.07) is 15.0. The van der Waals surface area contributed by atoms with E-state index in [-0.39, 0.29) is 17.2 Å². The minimum absolute atomic E-state index is 0.0369. The van der Waals surface area contributed by atoms with Gasteiger partial charge >= 0.3 is 4.87 Å². The van der Waals surface area contributed by atoms with Gasteiger partial charge in [0.2, 0.25) is 5.91 Å². The van der Waals surface area contributed by atoms with Crippen LogP contribution in [0, 0.1) is 0 Å². The minimum atomic E-state index is -0.105. The summed E-state index contributed by atoms with van der Waals surface area (Å²) >= 11 is 7.26. The van der Waals surface area contributed by atoms with Crippen molar-refractivity contribution in [3.05, 3.63) is 68.8 Å². The van der Waals surface area contributed by atoms with E-state index in [4.69, 9.17) is 11.6 Å². The normalized spacial score (nSPS) is 10.8. The highest BCUT2D eigenvalue weighted by Gasteiger charge is 2.09. The molecule has 1 heterocycles. The van der Waals surface area contributed by atoms with E-state index in [0.29, 0.717) is 18.1 Å². The molecule has 0 radical (unpaired) electrons. The topological polar surface area (TPSA) is 51.1 Å². The van der Waals surface area contributed by atoms with Crippen LogP contribution >= 0.6 is 22.9 Å². The van der Waals surface area contributed by atoms with Gasteiger partial charge < -0.3 is 5.32 Å². The molecule has 0 spiro atoms. The number of para-hydroxylation sites is 1. The molecule has 0 unspecified atom stereocenters. The van der Waals surface area contributed by atoms with Crippen molar-refractivity contribution < 1.29 is 4.79 Å². The lowest BCUT2D eigenvalue weighted by atomic mass is 10.2. The number of halogens is 1. The summed E-state index contributed by atoms with van der Waals surface area (Å²) in [4.78, 5) is 24.0. The van der Waals surface area contributed by atoms with Crippen LogP contribution in [-0.2, 0) is 17.9 Å². The fraction of sp³-hybridized carbons (Fsp3) is 0.176. The molecule has 3 rings (SSSR count). The molecule has 0 fully saturated rings. The van der Waals surface area contributed by atoms with Gasteiger partial charge in [-0.25, -0.2) is 0 Å². The fourth-order valence-electron chi connectivity index (χ4n) is 2.36. The van der Waals surface area contributed by atoms with Crippen LogP contribution in [0.5, 0.6) is 0 Å². The second kappa shape index (κ2) is 6.98. The van der Waals surface area contributed by atoms with Crippen LogP contribution in [0.3, 0.4) is 0 Å². The van der Waals surface area contributed by atoms with Crippen molar-refractivity contribution in [2.75, 3.05) is 0 Å². The summed E-state index contributed by atoms with van der Waals surface area (Å²) in [6.07, 6.45) is 0.255. The van der Waals surface area contributed by atoms with E-state index in [1.807, 2.05) is 42.5 Å². The van der Waals surface area contributed by atoms with Crippen molar-refractivity contribution in [1.82, 2.24) is 9.88 Å². The van der Waals surface area contributed by atoms with Crippen LogP contribution in [0.2, 0.25) is 5.02 Å². The number of nitrogens with zero attached hydrogens (tertiary/aromatic N) is 1. The highest BCUT2D eigenvalue weighted by atomic mass is 35.5. The van der Waals surface area contributed by atoms with E-state index in [9.17, 15) is 9.59 Å². The van der Waals surface area contributed by atoms with Gasteiger partial charge in [-0.1, -0.05) is 53.3 Å². The van der Waals surface area contributed by atoms with Crippen LogP contribution in [-0.4, -0.2) is 10.5 Å². The number of hydrogen-bond acceptors (Lipinski definition) is 3. The Hall–Kier alpha value is -2.11. The van der Waals surface area contributed by atoms with E-state index in [2.05, 4.69) is 5.32 Å². The largest absolute Gasteiger partial charge is 0.352 e. The quantitative estimate of drug-likeness (QED) is 0.769. The summed E-state index contributed by atoms with van der Waals surface area (Å²) in [7, 11) is 0. The SMILES string of the molecule is O=C(CCn1c(=O)sc2ccccc21)NCc1ccccc1Cl. The smallest absolute Gasteiger partial charge is 0.308 e. The maximum atomic E-state index is 12.0. The molecule has 0 aliphatic heterocycles. The van der Waals surface area contributed by atoms with Gasteiger partial charge in [0.15, 0.2) is 0 Å². The summed E-state index contributed by atoms with van der Waals surface area (Å²) in [6.45, 7) is 0.759. The molecule has 3 aromatic rings. The highest BCUT2D eigenvalue weighted by molar-refractivity contribution is 7.16. The summed E-state index contributed by atoms with van der Waals surface area (Å²) < 4.78 is 2.59. The van der Waals surface area contributed by atoms with Gasteiger partial charge in [-0.15, -0.1) is 0 Å². The number of nitrogens with one attached hydrogen (secondary N) is 1. The molecule has 0 aliphatic carbocycles. The molecule has 2 aromatic carbocycles. The van der Waals surface area contributed by atoms with Gasteiger partial charge in [-0.3, -0.25) is 14.2 Å². The van der Waals surface area contributed by atoms with E-state index in [1.165, 1.54) is 11.3 Å². The monoisotopic (exact) mass is 346 g/mol. The van der Waals surface area contributed by atoms with Crippen LogP contribution < -0.4 is 10.2 Å². The Morgan fingerprint density at radius 3 is 2.70 bits per heavy atom. The first-order chi connectivity index (χ1) is 11.1. The van der Waals surface area contributed by atoms with E-state index in [1.54, 1.807) is 10.6 Å². The zero-order valence-electron chi connectivity index (χ0n) is 12.3. The number of thiazole rings is 1. The number of aromatic nitrogens is 1. The molecule has 0 atom stereocenters. The molecule has 6 heteroatoms. The Morgan fingerprint density at radius 1 is 1.13 bits per heavy atom. The van der Waals surface area contributed by atoms with Gasteiger partial charge in [0.1, 0.15) is 0 Å². The standard InChI is InChI=1S/C17H15ClN2O2S/c18-13-6-2-1-5-12(13)11-19-16(21)9-10-20-14-7-3-4-8-15(14)23-17(20)22/h1-8H,9-11H2,(H,19,21). The van der Waals surface area contributed by atoms with Gasteiger partial charge in [-0.05, 0) is 23.8 Å². The second-order valence-corrected chi connectivity index (χ2v) is 6.51. The van der Waals surface area contributed by atoms with Crippen molar-refractivity contribution >= 4 is 39.1 Å². The molecule has 23 heavy (non-hydrogen) atoms. The van der Waals surface area contributed by atoms with Gasteiger partial charge in [-0.2, -0.15) is 0 Å². The number of rotatable bonds is 5. The third-order valence-corrected chi connectivity index (χ3v) is 4.90. The second-order valence-electron chi connectivity index (χ2n) is 5.11. The molecular formula is C17H15ClN2O2S. The third-order valence-electron chi connectivity index (χ3n) is 3.57. The number of benzene rings is 2. The number of fused-ring (bicyclic) bond motifs is 1. The molecule has 4 nitrogen and oxygen atoms in total. The fourth-order valence-corrected chi connectivity index (χ4v) is 3.48. The molecule has 0 aliphatic rings. The number of amides is 1. The van der Waals surface area contributed by atoms with Crippen LogP contribution in [0.15, 0.2) is 53.3 Å². The molecule has 1 aromatic heterocycles. The van der Waals surface area contributed by atoms with Crippen LogP contribution in [0.25, 0.3) is 10.2 Å². The van der Waals surface area contributed by atoms with Crippen LogP contribution in [0.1, 0.15) is 12.0 Å². The maximum Gasteiger partial charge on any atom is 0.308 e. The average molecular weight is 347 g/mol. The molecule has 0 saturated carbocycles. The first kappa shape index (κ1) is 15.8. The zero-order chi connectivity index (χ0) is 16.2. The zero-order valence-corrected chi connectivity index (χ0v) is 13.9. The Morgan fingerprint density at radius 2 is 1.87 bits per heavy atom. The summed E-state index contributed by atoms with van der Waals surface area (Å²) in [5.74, 6) is -0.105. The number of aryl methyl sites for hydroxylation is 1. The van der Waals surface area contributed by atoms with Gasteiger partial charge in [0.25, 0.3) is 0 Å². The van der Waals surface area contributed by atoms with E-state index in [0.717, 1.165) is 15.8 Å². The van der Waals surface area contributed by atoms with Gasteiger partial charge in [0, 0.05) is 24.5 Å². The molecule has 0 bridgehead atoms. The van der Waals surface area contributed by atoms with E-state index < -0.39 is 0 Å². The number of hydrogen-bond donors (Lipinski definition) is 1. The molecule has 1 amide bonds. The van der Waals surface area contributed by atoms with Crippen molar-refractivity contribution in [3.8, 4) is 0 Å². The average Bonchev–Trinajstić information content (AvgIpc) is 2.87. The minimum Gasteiger partial charge on any atom is -0.352 e. The van der Waals surface area contributed by atoms with E-state index >= 15 is 0 Å². The third kappa shape index (κ3) is 3.63. The van der Waals surface area contributed by atoms with Crippen molar-refractivity contribution in [2.45, 2.75) is 19.5 Å². The van der Waals surface area contributed by atoms with Crippen LogP contribution in [0.4, 0.5) is 0 Å². The Bertz CT molecular complexity index is 901.